The van der Waals surface area contributed by atoms with Crippen LogP contribution >= 0.6 is 0 Å². The Labute approximate surface area is 111 Å². The third-order valence-corrected chi connectivity index (χ3v) is 4.30. The fraction of sp³-hybridized carbons (Fsp3) is 0.929. The van der Waals surface area contributed by atoms with Gasteiger partial charge < -0.3 is 10.2 Å². The summed E-state index contributed by atoms with van der Waals surface area (Å²) in [6.45, 7) is 6.21. The molecule has 0 radical (unpaired) electrons. The molecular weight excluding hydrogens is 226 g/mol. The fourth-order valence-electron chi connectivity index (χ4n) is 3.28. The minimum Gasteiger partial charge on any atom is -0.340 e. The normalized spacial score (nSPS) is 29.8. The average molecular weight is 253 g/mol. The summed E-state index contributed by atoms with van der Waals surface area (Å²) < 4.78 is 0. The van der Waals surface area contributed by atoms with Crippen molar-refractivity contribution in [1.82, 2.24) is 15.1 Å². The number of amides is 1. The zero-order valence-electron chi connectivity index (χ0n) is 11.8. The molecule has 2 aliphatic rings. The Kier molecular flexibility index (Phi) is 5.01. The van der Waals surface area contributed by atoms with Crippen molar-refractivity contribution >= 4 is 5.91 Å². The number of likely N-dealkylation sites (tertiary alicyclic amines) is 2. The summed E-state index contributed by atoms with van der Waals surface area (Å²) in [5.74, 6) is 0.376. The van der Waals surface area contributed by atoms with Gasteiger partial charge in [-0.2, -0.15) is 0 Å². The van der Waals surface area contributed by atoms with Gasteiger partial charge in [0.15, 0.2) is 0 Å². The van der Waals surface area contributed by atoms with Crippen molar-refractivity contribution in [2.24, 2.45) is 0 Å². The highest BCUT2D eigenvalue weighted by molar-refractivity contribution is 5.82. The Morgan fingerprint density at radius 2 is 2.06 bits per heavy atom. The topological polar surface area (TPSA) is 35.6 Å². The number of rotatable bonds is 4. The second-order valence-electron chi connectivity index (χ2n) is 5.61. The zero-order chi connectivity index (χ0) is 13.0. The van der Waals surface area contributed by atoms with Crippen LogP contribution in [0.5, 0.6) is 0 Å². The van der Waals surface area contributed by atoms with Crippen LogP contribution in [-0.4, -0.2) is 61.0 Å². The van der Waals surface area contributed by atoms with E-state index in [1.807, 2.05) is 7.05 Å². The number of nitrogens with zero attached hydrogens (tertiary/aromatic N) is 2. The van der Waals surface area contributed by atoms with Gasteiger partial charge in [-0.25, -0.2) is 0 Å². The molecule has 1 N–H and O–H groups in total. The molecule has 104 valence electrons. The number of carbonyl (C=O) groups excluding carboxylic acids is 1. The van der Waals surface area contributed by atoms with Gasteiger partial charge in [0.25, 0.3) is 0 Å². The Hall–Kier alpha value is -0.610. The zero-order valence-corrected chi connectivity index (χ0v) is 11.8. The quantitative estimate of drug-likeness (QED) is 0.814. The van der Waals surface area contributed by atoms with Gasteiger partial charge in [-0.15, -0.1) is 0 Å². The Morgan fingerprint density at radius 1 is 1.28 bits per heavy atom. The monoisotopic (exact) mass is 253 g/mol. The van der Waals surface area contributed by atoms with Crippen LogP contribution in [0.25, 0.3) is 0 Å². The van der Waals surface area contributed by atoms with E-state index in [1.54, 1.807) is 0 Å². The van der Waals surface area contributed by atoms with Crippen molar-refractivity contribution < 1.29 is 4.79 Å². The van der Waals surface area contributed by atoms with Crippen molar-refractivity contribution in [1.29, 1.82) is 0 Å². The van der Waals surface area contributed by atoms with Crippen LogP contribution in [0.4, 0.5) is 0 Å². The molecule has 0 spiro atoms. The summed E-state index contributed by atoms with van der Waals surface area (Å²) in [6, 6.07) is 0.657. The van der Waals surface area contributed by atoms with Crippen LogP contribution in [0.2, 0.25) is 0 Å². The maximum atomic E-state index is 12.6. The van der Waals surface area contributed by atoms with Crippen molar-refractivity contribution in [2.75, 3.05) is 33.2 Å². The number of piperidine rings is 1. The maximum Gasteiger partial charge on any atom is 0.239 e. The minimum atomic E-state index is 0.167. The highest BCUT2D eigenvalue weighted by atomic mass is 16.2. The molecule has 2 heterocycles. The van der Waals surface area contributed by atoms with Gasteiger partial charge in [0.2, 0.25) is 5.91 Å². The van der Waals surface area contributed by atoms with E-state index >= 15 is 0 Å². The molecule has 0 unspecified atom stereocenters. The van der Waals surface area contributed by atoms with E-state index in [1.165, 1.54) is 12.8 Å². The van der Waals surface area contributed by atoms with Gasteiger partial charge in [0, 0.05) is 19.1 Å². The third kappa shape index (κ3) is 3.04. The van der Waals surface area contributed by atoms with Crippen LogP contribution in [-0.2, 0) is 4.79 Å². The average Bonchev–Trinajstić information content (AvgIpc) is 2.86. The lowest BCUT2D eigenvalue weighted by molar-refractivity contribution is -0.137. The standard InChI is InChI=1S/C14H27N3O/c1-3-8-16-9-5-7-13(16)14(18)17-10-4-6-12(11-17)15-2/h12-13,15H,3-11H2,1-2H3/t12-,13-/m1/s1. The van der Waals surface area contributed by atoms with Crippen LogP contribution < -0.4 is 5.32 Å². The molecule has 2 aliphatic heterocycles. The maximum absolute atomic E-state index is 12.6. The van der Waals surface area contributed by atoms with Gasteiger partial charge in [-0.05, 0) is 52.2 Å². The van der Waals surface area contributed by atoms with Gasteiger partial charge in [-0.3, -0.25) is 9.69 Å². The second kappa shape index (κ2) is 6.53. The third-order valence-electron chi connectivity index (χ3n) is 4.30. The van der Waals surface area contributed by atoms with Gasteiger partial charge in [-0.1, -0.05) is 6.92 Å². The summed E-state index contributed by atoms with van der Waals surface area (Å²) in [5, 5.41) is 3.31. The fourth-order valence-corrected chi connectivity index (χ4v) is 3.28. The molecule has 2 saturated heterocycles. The molecule has 2 fully saturated rings. The number of hydrogen-bond donors (Lipinski definition) is 1. The Bertz CT molecular complexity index is 282. The molecule has 4 heteroatoms. The summed E-state index contributed by atoms with van der Waals surface area (Å²) in [5.41, 5.74) is 0. The van der Waals surface area contributed by atoms with Crippen LogP contribution in [0.3, 0.4) is 0 Å². The highest BCUT2D eigenvalue weighted by Crippen LogP contribution is 2.21. The largest absolute Gasteiger partial charge is 0.340 e. The first-order valence-corrected chi connectivity index (χ1v) is 7.46. The van der Waals surface area contributed by atoms with E-state index in [-0.39, 0.29) is 6.04 Å². The van der Waals surface area contributed by atoms with Gasteiger partial charge in [0.1, 0.15) is 0 Å². The molecule has 1 amide bonds. The molecular formula is C14H27N3O. The number of carbonyl (C=O) groups is 1. The molecule has 0 aromatic rings. The number of nitrogens with one attached hydrogen (secondary N) is 1. The lowest BCUT2D eigenvalue weighted by atomic mass is 10.0. The Morgan fingerprint density at radius 3 is 2.78 bits per heavy atom. The first kappa shape index (κ1) is 13.8. The predicted octanol–water partition coefficient (Wildman–Crippen LogP) is 1.07. The molecule has 2 rings (SSSR count). The molecule has 0 aromatic heterocycles. The second-order valence-corrected chi connectivity index (χ2v) is 5.61. The molecule has 2 atom stereocenters. The smallest absolute Gasteiger partial charge is 0.239 e. The van der Waals surface area contributed by atoms with Crippen LogP contribution in [0.15, 0.2) is 0 Å². The van der Waals surface area contributed by atoms with Crippen molar-refractivity contribution in [3.63, 3.8) is 0 Å². The van der Waals surface area contributed by atoms with Crippen LogP contribution in [0, 0.1) is 0 Å². The van der Waals surface area contributed by atoms with E-state index < -0.39 is 0 Å². The Balaban J connectivity index is 1.93. The van der Waals surface area contributed by atoms with E-state index in [2.05, 4.69) is 22.0 Å². The lowest BCUT2D eigenvalue weighted by Crippen LogP contribution is -2.52. The molecule has 4 nitrogen and oxygen atoms in total. The highest BCUT2D eigenvalue weighted by Gasteiger charge is 2.34. The van der Waals surface area contributed by atoms with Crippen LogP contribution in [0.1, 0.15) is 39.0 Å². The van der Waals surface area contributed by atoms with Gasteiger partial charge >= 0.3 is 0 Å². The number of likely N-dealkylation sites (N-methyl/N-ethyl adjacent to an activating group) is 1. The van der Waals surface area contributed by atoms with E-state index in [0.29, 0.717) is 11.9 Å². The van der Waals surface area contributed by atoms with Gasteiger partial charge in [0.05, 0.1) is 6.04 Å². The van der Waals surface area contributed by atoms with Crippen molar-refractivity contribution in [3.8, 4) is 0 Å². The number of hydrogen-bond acceptors (Lipinski definition) is 3. The molecule has 0 aliphatic carbocycles. The first-order chi connectivity index (χ1) is 8.76. The minimum absolute atomic E-state index is 0.167. The van der Waals surface area contributed by atoms with Crippen molar-refractivity contribution in [3.05, 3.63) is 0 Å². The lowest BCUT2D eigenvalue weighted by Gasteiger charge is -2.36. The molecule has 0 saturated carbocycles. The summed E-state index contributed by atoms with van der Waals surface area (Å²) >= 11 is 0. The summed E-state index contributed by atoms with van der Waals surface area (Å²) in [7, 11) is 2.00. The first-order valence-electron chi connectivity index (χ1n) is 7.46. The SMILES string of the molecule is CCCN1CCC[C@@H]1C(=O)N1CCC[C@@H](NC)C1. The van der Waals surface area contributed by atoms with E-state index in [4.69, 9.17) is 0 Å². The molecule has 0 aromatic carbocycles. The molecule has 0 bridgehead atoms. The van der Waals surface area contributed by atoms with E-state index in [9.17, 15) is 4.79 Å². The van der Waals surface area contributed by atoms with E-state index in [0.717, 1.165) is 45.4 Å². The predicted molar refractivity (Wildman–Crippen MR) is 73.5 cm³/mol. The summed E-state index contributed by atoms with van der Waals surface area (Å²) in [4.78, 5) is 17.1. The summed E-state index contributed by atoms with van der Waals surface area (Å²) in [6.07, 6.45) is 5.71. The molecule has 18 heavy (non-hydrogen) atoms. The van der Waals surface area contributed by atoms with Crippen molar-refractivity contribution in [2.45, 2.75) is 51.1 Å².